The molecule has 0 saturated carbocycles. The molecular weight excluding hydrogens is 423 g/mol. The lowest BCUT2D eigenvalue weighted by molar-refractivity contribution is -0.137. The van der Waals surface area contributed by atoms with Crippen LogP contribution in [0.2, 0.25) is 5.02 Å². The van der Waals surface area contributed by atoms with Gasteiger partial charge in [0.2, 0.25) is 0 Å². The van der Waals surface area contributed by atoms with E-state index in [0.29, 0.717) is 12.2 Å². The molecule has 1 N–H and O–H groups in total. The summed E-state index contributed by atoms with van der Waals surface area (Å²) in [6.45, 7) is 0.386. The lowest BCUT2D eigenvalue weighted by atomic mass is 10.2. The lowest BCUT2D eigenvalue weighted by Gasteiger charge is -2.25. The molecular formula is C21H15ClF3NO2S. The topological polar surface area (TPSA) is 40.5 Å². The highest BCUT2D eigenvalue weighted by molar-refractivity contribution is 8.00. The van der Waals surface area contributed by atoms with E-state index in [-0.39, 0.29) is 10.6 Å². The van der Waals surface area contributed by atoms with Crippen LogP contribution >= 0.6 is 23.5 Å². The normalized spacial score (nSPS) is 11.3. The van der Waals surface area contributed by atoms with Gasteiger partial charge < -0.3 is 9.41 Å². The zero-order valence-corrected chi connectivity index (χ0v) is 16.4. The SMILES string of the molecule is O=C(O)c1ccc(SN(Cc2ccccc2)c2ccc(C(F)(F)F)cc2Cl)cc1. The summed E-state index contributed by atoms with van der Waals surface area (Å²) in [7, 11) is 0. The molecule has 3 aromatic carbocycles. The van der Waals surface area contributed by atoms with Crippen LogP contribution in [0, 0.1) is 0 Å². The van der Waals surface area contributed by atoms with Crippen molar-refractivity contribution in [1.29, 1.82) is 0 Å². The fourth-order valence-corrected chi connectivity index (χ4v) is 3.90. The Labute approximate surface area is 174 Å². The predicted molar refractivity (Wildman–Crippen MR) is 108 cm³/mol. The second kappa shape index (κ2) is 8.80. The van der Waals surface area contributed by atoms with E-state index in [1.807, 2.05) is 30.3 Å². The van der Waals surface area contributed by atoms with Crippen molar-refractivity contribution in [2.45, 2.75) is 17.6 Å². The zero-order valence-electron chi connectivity index (χ0n) is 14.9. The fourth-order valence-electron chi connectivity index (χ4n) is 2.59. The number of aromatic carboxylic acids is 1. The number of carbonyl (C=O) groups is 1. The van der Waals surface area contributed by atoms with Crippen LogP contribution in [0.3, 0.4) is 0 Å². The molecule has 3 aromatic rings. The number of benzene rings is 3. The van der Waals surface area contributed by atoms with Crippen LogP contribution in [0.5, 0.6) is 0 Å². The Morgan fingerprint density at radius 2 is 1.66 bits per heavy atom. The van der Waals surface area contributed by atoms with Gasteiger partial charge in [0, 0.05) is 4.90 Å². The molecule has 0 aromatic heterocycles. The number of alkyl halides is 3. The standard InChI is InChI=1S/C21H15ClF3NO2S/c22-18-12-16(21(23,24)25)8-11-19(18)26(13-14-4-2-1-3-5-14)29-17-9-6-15(7-10-17)20(27)28/h1-12H,13H2,(H,27,28). The van der Waals surface area contributed by atoms with Crippen molar-refractivity contribution in [3.05, 3.63) is 94.5 Å². The van der Waals surface area contributed by atoms with E-state index in [4.69, 9.17) is 16.7 Å². The molecule has 0 amide bonds. The maximum absolute atomic E-state index is 13.0. The van der Waals surface area contributed by atoms with Gasteiger partial charge in [0.25, 0.3) is 0 Å². The second-order valence-electron chi connectivity index (χ2n) is 6.11. The molecule has 150 valence electrons. The number of hydrogen-bond donors (Lipinski definition) is 1. The fraction of sp³-hybridized carbons (Fsp3) is 0.0952. The third-order valence-electron chi connectivity index (χ3n) is 4.03. The molecule has 0 atom stereocenters. The summed E-state index contributed by atoms with van der Waals surface area (Å²) < 4.78 is 40.7. The van der Waals surface area contributed by atoms with Crippen molar-refractivity contribution in [3.8, 4) is 0 Å². The van der Waals surface area contributed by atoms with Crippen molar-refractivity contribution in [2.75, 3.05) is 4.31 Å². The van der Waals surface area contributed by atoms with Gasteiger partial charge >= 0.3 is 12.1 Å². The third kappa shape index (κ3) is 5.46. The molecule has 0 spiro atoms. The van der Waals surface area contributed by atoms with Gasteiger partial charge in [-0.3, -0.25) is 0 Å². The molecule has 3 rings (SSSR count). The maximum Gasteiger partial charge on any atom is 0.416 e. The van der Waals surface area contributed by atoms with Gasteiger partial charge in [0.1, 0.15) is 0 Å². The van der Waals surface area contributed by atoms with Crippen LogP contribution in [0.1, 0.15) is 21.5 Å². The summed E-state index contributed by atoms with van der Waals surface area (Å²) in [5.41, 5.74) is 0.701. The Morgan fingerprint density at radius 3 is 2.21 bits per heavy atom. The average Bonchev–Trinajstić information content (AvgIpc) is 2.68. The molecule has 0 aliphatic carbocycles. The Hall–Kier alpha value is -2.64. The first-order valence-corrected chi connectivity index (χ1v) is 9.59. The second-order valence-corrected chi connectivity index (χ2v) is 7.61. The van der Waals surface area contributed by atoms with Gasteiger partial charge in [0.05, 0.1) is 28.4 Å². The Kier molecular flexibility index (Phi) is 6.39. The molecule has 0 heterocycles. The van der Waals surface area contributed by atoms with E-state index >= 15 is 0 Å². The van der Waals surface area contributed by atoms with E-state index < -0.39 is 17.7 Å². The number of carboxylic acids is 1. The first kappa shape index (κ1) is 21.1. The minimum absolute atomic E-state index is 0.0228. The van der Waals surface area contributed by atoms with Crippen LogP contribution in [0.25, 0.3) is 0 Å². The Morgan fingerprint density at radius 1 is 1.00 bits per heavy atom. The van der Waals surface area contributed by atoms with E-state index in [9.17, 15) is 18.0 Å². The van der Waals surface area contributed by atoms with E-state index in [0.717, 1.165) is 22.6 Å². The van der Waals surface area contributed by atoms with Crippen LogP contribution in [0.15, 0.2) is 77.7 Å². The number of halogens is 4. The zero-order chi connectivity index (χ0) is 21.0. The highest BCUT2D eigenvalue weighted by Gasteiger charge is 2.31. The average molecular weight is 438 g/mol. The van der Waals surface area contributed by atoms with Crippen LogP contribution in [0.4, 0.5) is 18.9 Å². The van der Waals surface area contributed by atoms with E-state index in [2.05, 4.69) is 0 Å². The molecule has 0 aliphatic heterocycles. The smallest absolute Gasteiger partial charge is 0.416 e. The maximum atomic E-state index is 13.0. The molecule has 0 unspecified atom stereocenters. The number of hydrogen-bond acceptors (Lipinski definition) is 3. The van der Waals surface area contributed by atoms with Gasteiger partial charge in [-0.05, 0) is 60.0 Å². The highest BCUT2D eigenvalue weighted by Crippen LogP contribution is 2.39. The van der Waals surface area contributed by atoms with E-state index in [1.165, 1.54) is 30.1 Å². The molecule has 0 aliphatic rings. The van der Waals surface area contributed by atoms with Gasteiger partial charge in [-0.2, -0.15) is 13.2 Å². The summed E-state index contributed by atoms with van der Waals surface area (Å²) in [4.78, 5) is 11.8. The van der Waals surface area contributed by atoms with Crippen LogP contribution < -0.4 is 4.31 Å². The van der Waals surface area contributed by atoms with Crippen molar-refractivity contribution >= 4 is 35.2 Å². The Balaban J connectivity index is 1.93. The van der Waals surface area contributed by atoms with Crippen molar-refractivity contribution in [3.63, 3.8) is 0 Å². The first-order chi connectivity index (χ1) is 13.7. The largest absolute Gasteiger partial charge is 0.478 e. The van der Waals surface area contributed by atoms with Crippen molar-refractivity contribution < 1.29 is 23.1 Å². The number of anilines is 1. The molecule has 3 nitrogen and oxygen atoms in total. The van der Waals surface area contributed by atoms with E-state index in [1.54, 1.807) is 16.4 Å². The van der Waals surface area contributed by atoms with Crippen molar-refractivity contribution in [1.82, 2.24) is 0 Å². The number of carboxylic acid groups (broad SMARTS) is 1. The predicted octanol–water partition coefficient (Wildman–Crippen LogP) is 6.77. The summed E-state index contributed by atoms with van der Waals surface area (Å²) in [6, 6.07) is 18.9. The summed E-state index contributed by atoms with van der Waals surface area (Å²) in [5, 5.41) is 9.01. The third-order valence-corrected chi connectivity index (χ3v) is 5.36. The van der Waals surface area contributed by atoms with Crippen LogP contribution in [-0.4, -0.2) is 11.1 Å². The quantitative estimate of drug-likeness (QED) is 0.432. The molecule has 0 bridgehead atoms. The Bertz CT molecular complexity index is 995. The van der Waals surface area contributed by atoms with Gasteiger partial charge in [0.15, 0.2) is 0 Å². The summed E-state index contributed by atoms with van der Waals surface area (Å²) in [5.74, 6) is -1.03. The lowest BCUT2D eigenvalue weighted by Crippen LogP contribution is -2.15. The summed E-state index contributed by atoms with van der Waals surface area (Å²) in [6.07, 6.45) is -4.48. The molecule has 0 saturated heterocycles. The van der Waals surface area contributed by atoms with Gasteiger partial charge in [-0.25, -0.2) is 4.79 Å². The van der Waals surface area contributed by atoms with Crippen molar-refractivity contribution in [2.24, 2.45) is 0 Å². The number of nitrogens with zero attached hydrogens (tertiary/aromatic N) is 1. The minimum Gasteiger partial charge on any atom is -0.478 e. The molecule has 29 heavy (non-hydrogen) atoms. The van der Waals surface area contributed by atoms with Gasteiger partial charge in [-0.15, -0.1) is 0 Å². The highest BCUT2D eigenvalue weighted by atomic mass is 35.5. The summed E-state index contributed by atoms with van der Waals surface area (Å²) >= 11 is 7.46. The minimum atomic E-state index is -4.48. The van der Waals surface area contributed by atoms with Gasteiger partial charge in [-0.1, -0.05) is 41.9 Å². The monoisotopic (exact) mass is 437 g/mol. The molecule has 0 radical (unpaired) electrons. The molecule has 0 fully saturated rings. The first-order valence-electron chi connectivity index (χ1n) is 8.43. The number of rotatable bonds is 6. The molecule has 8 heteroatoms. The van der Waals surface area contributed by atoms with Crippen LogP contribution in [-0.2, 0) is 12.7 Å².